The van der Waals surface area contributed by atoms with Crippen LogP contribution < -0.4 is 5.73 Å². The number of amides is 2. The molecule has 4 nitrogen and oxygen atoms in total. The van der Waals surface area contributed by atoms with Gasteiger partial charge in [0.2, 0.25) is 0 Å². The molecule has 1 saturated heterocycles. The Morgan fingerprint density at radius 1 is 1.33 bits per heavy atom. The van der Waals surface area contributed by atoms with Crippen molar-refractivity contribution in [1.82, 2.24) is 9.80 Å². The Kier molecular flexibility index (Phi) is 2.87. The molecule has 0 aromatic carbocycles. The van der Waals surface area contributed by atoms with Gasteiger partial charge in [0.05, 0.1) is 0 Å². The maximum absolute atomic E-state index is 12.1. The lowest BCUT2D eigenvalue weighted by Crippen LogP contribution is -2.40. The summed E-state index contributed by atoms with van der Waals surface area (Å²) in [6.07, 6.45) is 3.13. The molecule has 0 bridgehead atoms. The van der Waals surface area contributed by atoms with Gasteiger partial charge in [0.25, 0.3) is 0 Å². The third kappa shape index (κ3) is 1.95. The molecule has 2 rings (SSSR count). The van der Waals surface area contributed by atoms with Gasteiger partial charge in [-0.2, -0.15) is 0 Å². The first-order valence-corrected chi connectivity index (χ1v) is 5.92. The van der Waals surface area contributed by atoms with Crippen LogP contribution in [0.3, 0.4) is 0 Å². The Morgan fingerprint density at radius 2 is 2.07 bits per heavy atom. The summed E-state index contributed by atoms with van der Waals surface area (Å²) in [5.41, 5.74) is 5.88. The van der Waals surface area contributed by atoms with Crippen LogP contribution >= 0.6 is 0 Å². The molecule has 1 saturated carbocycles. The average molecular weight is 211 g/mol. The molecule has 2 aliphatic rings. The van der Waals surface area contributed by atoms with Gasteiger partial charge in [-0.3, -0.25) is 0 Å². The average Bonchev–Trinajstić information content (AvgIpc) is 2.71. The van der Waals surface area contributed by atoms with Crippen molar-refractivity contribution in [2.24, 2.45) is 5.73 Å². The summed E-state index contributed by atoms with van der Waals surface area (Å²) in [6.45, 7) is 5.90. The predicted octanol–water partition coefficient (Wildman–Crippen LogP) is 1.01. The molecule has 86 valence electrons. The molecular weight excluding hydrogens is 190 g/mol. The Hall–Kier alpha value is -0.770. The van der Waals surface area contributed by atoms with E-state index in [1.54, 1.807) is 0 Å². The van der Waals surface area contributed by atoms with Crippen LogP contribution in [0.15, 0.2) is 0 Å². The van der Waals surface area contributed by atoms with E-state index in [-0.39, 0.29) is 6.03 Å². The Balaban J connectivity index is 1.98. The second-order valence-corrected chi connectivity index (χ2v) is 4.99. The van der Waals surface area contributed by atoms with Gasteiger partial charge in [-0.1, -0.05) is 0 Å². The van der Waals surface area contributed by atoms with Crippen molar-refractivity contribution >= 4 is 6.03 Å². The van der Waals surface area contributed by atoms with Crippen LogP contribution in [0.4, 0.5) is 4.79 Å². The van der Waals surface area contributed by atoms with Gasteiger partial charge in [-0.25, -0.2) is 4.79 Å². The Labute approximate surface area is 91.4 Å². The third-order valence-electron chi connectivity index (χ3n) is 3.58. The molecule has 0 aromatic heterocycles. The number of carbonyl (C=O) groups is 1. The van der Waals surface area contributed by atoms with Crippen LogP contribution in [0, 0.1) is 0 Å². The standard InChI is InChI=1S/C11H21N3O/c1-8(2)13-5-6-14(11(13)15)10-4-3-9(12)7-10/h8-10H,3-7,12H2,1-2H3. The van der Waals surface area contributed by atoms with E-state index in [2.05, 4.69) is 13.8 Å². The highest BCUT2D eigenvalue weighted by molar-refractivity contribution is 5.77. The number of rotatable bonds is 2. The van der Waals surface area contributed by atoms with Crippen LogP contribution in [0.25, 0.3) is 0 Å². The van der Waals surface area contributed by atoms with E-state index in [9.17, 15) is 4.79 Å². The lowest BCUT2D eigenvalue weighted by molar-refractivity contribution is 0.170. The summed E-state index contributed by atoms with van der Waals surface area (Å²) in [5.74, 6) is 0. The Morgan fingerprint density at radius 3 is 2.53 bits per heavy atom. The van der Waals surface area contributed by atoms with E-state index in [4.69, 9.17) is 5.73 Å². The minimum absolute atomic E-state index is 0.212. The molecule has 0 aromatic rings. The molecule has 2 unspecified atom stereocenters. The third-order valence-corrected chi connectivity index (χ3v) is 3.58. The second-order valence-electron chi connectivity index (χ2n) is 4.99. The van der Waals surface area contributed by atoms with Gasteiger partial charge < -0.3 is 15.5 Å². The van der Waals surface area contributed by atoms with Gasteiger partial charge in [0.1, 0.15) is 0 Å². The van der Waals surface area contributed by atoms with Crippen LogP contribution in [-0.4, -0.2) is 47.0 Å². The number of hydrogen-bond acceptors (Lipinski definition) is 2. The quantitative estimate of drug-likeness (QED) is 0.741. The summed E-state index contributed by atoms with van der Waals surface area (Å²) in [7, 11) is 0. The fourth-order valence-electron chi connectivity index (χ4n) is 2.66. The van der Waals surface area contributed by atoms with Crippen molar-refractivity contribution in [3.8, 4) is 0 Å². The number of hydrogen-bond donors (Lipinski definition) is 1. The molecule has 1 heterocycles. The van der Waals surface area contributed by atoms with Crippen LogP contribution in [0.1, 0.15) is 33.1 Å². The SMILES string of the molecule is CC(C)N1CCN(C2CCC(N)C2)C1=O. The molecule has 0 spiro atoms. The van der Waals surface area contributed by atoms with E-state index in [0.717, 1.165) is 32.4 Å². The van der Waals surface area contributed by atoms with Gasteiger partial charge in [-0.15, -0.1) is 0 Å². The van der Waals surface area contributed by atoms with E-state index < -0.39 is 0 Å². The topological polar surface area (TPSA) is 49.6 Å². The molecule has 1 aliphatic carbocycles. The van der Waals surface area contributed by atoms with Crippen molar-refractivity contribution in [3.05, 3.63) is 0 Å². The van der Waals surface area contributed by atoms with Gasteiger partial charge >= 0.3 is 6.03 Å². The maximum atomic E-state index is 12.1. The molecular formula is C11H21N3O. The van der Waals surface area contributed by atoms with Crippen LogP contribution in [0.5, 0.6) is 0 Å². The van der Waals surface area contributed by atoms with Crippen molar-refractivity contribution in [2.75, 3.05) is 13.1 Å². The molecule has 0 radical (unpaired) electrons. The van der Waals surface area contributed by atoms with Gasteiger partial charge in [0.15, 0.2) is 0 Å². The fourth-order valence-corrected chi connectivity index (χ4v) is 2.66. The molecule has 4 heteroatoms. The molecule has 2 atom stereocenters. The highest BCUT2D eigenvalue weighted by Gasteiger charge is 2.37. The van der Waals surface area contributed by atoms with Gasteiger partial charge in [0, 0.05) is 31.2 Å². The monoisotopic (exact) mass is 211 g/mol. The molecule has 2 fully saturated rings. The minimum Gasteiger partial charge on any atom is -0.328 e. The Bertz CT molecular complexity index is 254. The summed E-state index contributed by atoms with van der Waals surface area (Å²) in [4.78, 5) is 16.0. The van der Waals surface area contributed by atoms with E-state index in [0.29, 0.717) is 18.1 Å². The van der Waals surface area contributed by atoms with E-state index in [1.807, 2.05) is 9.80 Å². The lowest BCUT2D eigenvalue weighted by Gasteiger charge is -2.26. The first-order valence-electron chi connectivity index (χ1n) is 5.92. The maximum Gasteiger partial charge on any atom is 0.320 e. The largest absolute Gasteiger partial charge is 0.328 e. The molecule has 2 N–H and O–H groups in total. The van der Waals surface area contributed by atoms with E-state index in [1.165, 1.54) is 0 Å². The number of nitrogens with zero attached hydrogens (tertiary/aromatic N) is 2. The van der Waals surface area contributed by atoms with Crippen LogP contribution in [0.2, 0.25) is 0 Å². The van der Waals surface area contributed by atoms with Crippen molar-refractivity contribution in [1.29, 1.82) is 0 Å². The summed E-state index contributed by atoms with van der Waals surface area (Å²) in [5, 5.41) is 0. The smallest absolute Gasteiger partial charge is 0.320 e. The normalized spacial score (nSPS) is 32.1. The first-order chi connectivity index (χ1) is 7.09. The molecule has 2 amide bonds. The highest BCUT2D eigenvalue weighted by atomic mass is 16.2. The lowest BCUT2D eigenvalue weighted by atomic mass is 10.2. The molecule has 1 aliphatic heterocycles. The van der Waals surface area contributed by atoms with Crippen molar-refractivity contribution < 1.29 is 4.79 Å². The van der Waals surface area contributed by atoms with Gasteiger partial charge in [-0.05, 0) is 33.1 Å². The van der Waals surface area contributed by atoms with Crippen LogP contribution in [-0.2, 0) is 0 Å². The van der Waals surface area contributed by atoms with Crippen molar-refractivity contribution in [2.45, 2.75) is 51.2 Å². The molecule has 15 heavy (non-hydrogen) atoms. The number of urea groups is 1. The summed E-state index contributed by atoms with van der Waals surface area (Å²) >= 11 is 0. The van der Waals surface area contributed by atoms with Crippen molar-refractivity contribution in [3.63, 3.8) is 0 Å². The number of nitrogens with two attached hydrogens (primary N) is 1. The zero-order chi connectivity index (χ0) is 11.0. The summed E-state index contributed by atoms with van der Waals surface area (Å²) in [6, 6.07) is 1.23. The predicted molar refractivity (Wildman–Crippen MR) is 59.6 cm³/mol. The second kappa shape index (κ2) is 4.00. The minimum atomic E-state index is 0.212. The number of carbonyl (C=O) groups excluding carboxylic acids is 1. The fraction of sp³-hybridized carbons (Fsp3) is 0.909. The zero-order valence-corrected chi connectivity index (χ0v) is 9.65. The zero-order valence-electron chi connectivity index (χ0n) is 9.65. The first kappa shape index (κ1) is 10.7. The summed E-state index contributed by atoms with van der Waals surface area (Å²) < 4.78 is 0. The van der Waals surface area contributed by atoms with E-state index >= 15 is 0 Å². The highest BCUT2D eigenvalue weighted by Crippen LogP contribution is 2.26.